The van der Waals surface area contributed by atoms with Crippen LogP contribution in [0.1, 0.15) is 39.2 Å². The molecule has 1 atom stereocenters. The molecule has 1 aromatic carbocycles. The van der Waals surface area contributed by atoms with E-state index in [0.29, 0.717) is 18.0 Å². The summed E-state index contributed by atoms with van der Waals surface area (Å²) >= 11 is 5.70. The average molecular weight is 300 g/mol. The molecule has 1 N–H and O–H groups in total. The molecule has 0 heterocycles. The van der Waals surface area contributed by atoms with E-state index in [9.17, 15) is 9.18 Å². The lowest BCUT2D eigenvalue weighted by atomic mass is 9.88. The minimum absolute atomic E-state index is 0.0830. The molecular weight excluding hydrogens is 277 g/mol. The molecule has 4 heteroatoms. The second-order valence-corrected chi connectivity index (χ2v) is 6.24. The smallest absolute Gasteiger partial charge is 0.144 e. The summed E-state index contributed by atoms with van der Waals surface area (Å²) in [7, 11) is 0. The van der Waals surface area contributed by atoms with Crippen LogP contribution in [-0.2, 0) is 4.79 Å². The van der Waals surface area contributed by atoms with Crippen LogP contribution in [0.5, 0.6) is 0 Å². The maximum Gasteiger partial charge on any atom is 0.144 e. The first-order valence-electron chi connectivity index (χ1n) is 7.02. The maximum atomic E-state index is 13.6. The molecule has 112 valence electrons. The number of ketones is 1. The van der Waals surface area contributed by atoms with Crippen LogP contribution < -0.4 is 5.32 Å². The van der Waals surface area contributed by atoms with Gasteiger partial charge in [0.1, 0.15) is 11.6 Å². The molecule has 0 saturated carbocycles. The minimum atomic E-state index is -0.477. The quantitative estimate of drug-likeness (QED) is 0.823. The van der Waals surface area contributed by atoms with Crippen molar-refractivity contribution in [2.45, 2.75) is 33.6 Å². The Morgan fingerprint density at radius 2 is 1.90 bits per heavy atom. The van der Waals surface area contributed by atoms with Gasteiger partial charge in [0.05, 0.1) is 10.9 Å². The van der Waals surface area contributed by atoms with E-state index in [0.717, 1.165) is 6.54 Å². The number of halogens is 2. The third-order valence-corrected chi connectivity index (χ3v) is 3.47. The van der Waals surface area contributed by atoms with Gasteiger partial charge in [-0.05, 0) is 30.2 Å². The lowest BCUT2D eigenvalue weighted by Crippen LogP contribution is -2.31. The van der Waals surface area contributed by atoms with Gasteiger partial charge in [0.2, 0.25) is 0 Å². The van der Waals surface area contributed by atoms with Gasteiger partial charge in [0.15, 0.2) is 0 Å². The van der Waals surface area contributed by atoms with Crippen LogP contribution in [0.15, 0.2) is 18.2 Å². The van der Waals surface area contributed by atoms with E-state index in [-0.39, 0.29) is 22.6 Å². The van der Waals surface area contributed by atoms with Crippen LogP contribution >= 0.6 is 11.6 Å². The monoisotopic (exact) mass is 299 g/mol. The highest BCUT2D eigenvalue weighted by molar-refractivity contribution is 6.30. The van der Waals surface area contributed by atoms with Gasteiger partial charge in [-0.15, -0.1) is 0 Å². The first kappa shape index (κ1) is 17.1. The summed E-state index contributed by atoms with van der Waals surface area (Å²) in [5.74, 6) is -0.274. The summed E-state index contributed by atoms with van der Waals surface area (Å²) in [5.41, 5.74) is 0.682. The average Bonchev–Trinajstić information content (AvgIpc) is 2.37. The third-order valence-electron chi connectivity index (χ3n) is 3.16. The van der Waals surface area contributed by atoms with Gasteiger partial charge in [-0.25, -0.2) is 4.39 Å². The fourth-order valence-corrected chi connectivity index (χ4v) is 2.15. The molecular formula is C16H23ClFNO. The van der Waals surface area contributed by atoms with Crippen LogP contribution in [0.3, 0.4) is 0 Å². The molecule has 0 unspecified atom stereocenters. The molecule has 0 aromatic heterocycles. The molecule has 0 spiro atoms. The van der Waals surface area contributed by atoms with Crippen molar-refractivity contribution in [3.63, 3.8) is 0 Å². The normalized spacial score (nSPS) is 13.0. The molecule has 1 rings (SSSR count). The molecule has 2 nitrogen and oxygen atoms in total. The Kier molecular flexibility index (Phi) is 6.63. The fourth-order valence-electron chi connectivity index (χ4n) is 2.03. The Labute approximate surface area is 125 Å². The van der Waals surface area contributed by atoms with Gasteiger partial charge in [-0.2, -0.15) is 0 Å². The second-order valence-electron chi connectivity index (χ2n) is 5.84. The highest BCUT2D eigenvalue weighted by atomic mass is 35.5. The summed E-state index contributed by atoms with van der Waals surface area (Å²) in [5, 5.41) is 3.36. The van der Waals surface area contributed by atoms with Gasteiger partial charge < -0.3 is 5.32 Å². The van der Waals surface area contributed by atoms with Gasteiger partial charge in [0, 0.05) is 12.5 Å². The standard InChI is InChI=1S/C16H23ClFNO/c1-10(2)8-19-9-13(16(20)11(3)4)12-5-6-14(17)15(18)7-12/h5-7,10-11,13,19H,8-9H2,1-4H3/t13-/m1/s1. The molecule has 0 aliphatic rings. The number of nitrogens with one attached hydrogen (secondary N) is 1. The number of benzene rings is 1. The summed E-state index contributed by atoms with van der Waals surface area (Å²) in [6.45, 7) is 9.30. The van der Waals surface area contributed by atoms with Crippen LogP contribution in [-0.4, -0.2) is 18.9 Å². The number of rotatable bonds is 7. The minimum Gasteiger partial charge on any atom is -0.315 e. The zero-order valence-corrected chi connectivity index (χ0v) is 13.3. The number of carbonyl (C=O) groups is 1. The number of hydrogen-bond acceptors (Lipinski definition) is 2. The van der Waals surface area contributed by atoms with E-state index >= 15 is 0 Å². The van der Waals surface area contributed by atoms with Gasteiger partial charge in [0.25, 0.3) is 0 Å². The van der Waals surface area contributed by atoms with Crippen molar-refractivity contribution in [3.8, 4) is 0 Å². The Hall–Kier alpha value is -0.930. The maximum absolute atomic E-state index is 13.6. The van der Waals surface area contributed by atoms with Crippen LogP contribution in [0, 0.1) is 17.7 Å². The van der Waals surface area contributed by atoms with Crippen LogP contribution in [0.2, 0.25) is 5.02 Å². The molecule has 0 bridgehead atoms. The van der Waals surface area contributed by atoms with Crippen molar-refractivity contribution >= 4 is 17.4 Å². The van der Waals surface area contributed by atoms with Gasteiger partial charge in [-0.1, -0.05) is 45.4 Å². The largest absolute Gasteiger partial charge is 0.315 e. The van der Waals surface area contributed by atoms with Crippen LogP contribution in [0.4, 0.5) is 4.39 Å². The highest BCUT2D eigenvalue weighted by Gasteiger charge is 2.23. The number of carbonyl (C=O) groups excluding carboxylic acids is 1. The SMILES string of the molecule is CC(C)CNC[C@@H](C(=O)C(C)C)c1ccc(Cl)c(F)c1. The van der Waals surface area contributed by atoms with Gasteiger partial charge in [-0.3, -0.25) is 4.79 Å². The molecule has 0 amide bonds. The van der Waals surface area contributed by atoms with Crippen molar-refractivity contribution in [2.75, 3.05) is 13.1 Å². The molecule has 0 aliphatic heterocycles. The first-order chi connectivity index (χ1) is 9.32. The topological polar surface area (TPSA) is 29.1 Å². The summed E-state index contributed by atoms with van der Waals surface area (Å²) < 4.78 is 13.6. The third kappa shape index (κ3) is 4.88. The van der Waals surface area contributed by atoms with Crippen molar-refractivity contribution < 1.29 is 9.18 Å². The van der Waals surface area contributed by atoms with E-state index in [4.69, 9.17) is 11.6 Å². The highest BCUT2D eigenvalue weighted by Crippen LogP contribution is 2.24. The molecule has 0 saturated heterocycles. The van der Waals surface area contributed by atoms with E-state index in [1.54, 1.807) is 6.07 Å². The van der Waals surface area contributed by atoms with E-state index in [2.05, 4.69) is 19.2 Å². The van der Waals surface area contributed by atoms with Crippen molar-refractivity contribution in [1.29, 1.82) is 0 Å². The fraction of sp³-hybridized carbons (Fsp3) is 0.562. The summed E-state index contributed by atoms with van der Waals surface area (Å²) in [6, 6.07) is 4.60. The number of hydrogen-bond donors (Lipinski definition) is 1. The van der Waals surface area contributed by atoms with Gasteiger partial charge >= 0.3 is 0 Å². The summed E-state index contributed by atoms with van der Waals surface area (Å²) in [4.78, 5) is 12.3. The Morgan fingerprint density at radius 1 is 1.25 bits per heavy atom. The lowest BCUT2D eigenvalue weighted by Gasteiger charge is -2.20. The zero-order valence-electron chi connectivity index (χ0n) is 12.5. The van der Waals surface area contributed by atoms with E-state index < -0.39 is 5.82 Å². The predicted octanol–water partition coefficient (Wildman–Crippen LogP) is 4.03. The van der Waals surface area contributed by atoms with E-state index in [1.165, 1.54) is 12.1 Å². The lowest BCUT2D eigenvalue weighted by molar-refractivity contribution is -0.123. The van der Waals surface area contributed by atoms with E-state index in [1.807, 2.05) is 13.8 Å². The summed E-state index contributed by atoms with van der Waals surface area (Å²) in [6.07, 6.45) is 0. The molecule has 0 fully saturated rings. The Bertz CT molecular complexity index is 460. The molecule has 1 aromatic rings. The Balaban J connectivity index is 2.91. The van der Waals surface area contributed by atoms with Crippen molar-refractivity contribution in [3.05, 3.63) is 34.6 Å². The first-order valence-corrected chi connectivity index (χ1v) is 7.40. The molecule has 0 aliphatic carbocycles. The molecule has 20 heavy (non-hydrogen) atoms. The second kappa shape index (κ2) is 7.75. The zero-order chi connectivity index (χ0) is 15.3. The van der Waals surface area contributed by atoms with Crippen molar-refractivity contribution in [1.82, 2.24) is 5.32 Å². The van der Waals surface area contributed by atoms with Crippen LogP contribution in [0.25, 0.3) is 0 Å². The van der Waals surface area contributed by atoms with Crippen molar-refractivity contribution in [2.24, 2.45) is 11.8 Å². The Morgan fingerprint density at radius 3 is 2.40 bits per heavy atom. The molecule has 0 radical (unpaired) electrons. The number of Topliss-reactive ketones (excluding diaryl/α,β-unsaturated/α-hetero) is 1. The predicted molar refractivity (Wildman–Crippen MR) is 81.7 cm³/mol.